The zero-order valence-electron chi connectivity index (χ0n) is 20.8. The standard InChI is InChI=1S/C28H31N3O6/c1-36-25-17-19(9-12-24(25)37-16-5-3-2-4-14-32)18-29-30-23-11-10-22-26-20(23)7-6-8-21(26)27(34)31(13-15-33)28(22)35/h6-12,17-18,30,32-33H,2-5,13-16H2,1H3. The minimum Gasteiger partial charge on any atom is -0.493 e. The van der Waals surface area contributed by atoms with Crippen LogP contribution >= 0.6 is 0 Å². The molecule has 2 amide bonds. The Labute approximate surface area is 215 Å². The Morgan fingerprint density at radius 2 is 1.70 bits per heavy atom. The number of ether oxygens (including phenoxy) is 2. The number of aliphatic hydroxyl groups is 2. The number of benzene rings is 3. The van der Waals surface area contributed by atoms with Gasteiger partial charge in [0.25, 0.3) is 11.8 Å². The summed E-state index contributed by atoms with van der Waals surface area (Å²) in [7, 11) is 1.59. The average Bonchev–Trinajstić information content (AvgIpc) is 2.92. The zero-order valence-corrected chi connectivity index (χ0v) is 20.8. The molecule has 3 aromatic carbocycles. The molecule has 0 fully saturated rings. The number of carbonyl (C=O) groups excluding carboxylic acids is 2. The zero-order chi connectivity index (χ0) is 26.2. The molecule has 0 aliphatic carbocycles. The van der Waals surface area contributed by atoms with Crippen LogP contribution in [-0.4, -0.2) is 66.6 Å². The summed E-state index contributed by atoms with van der Waals surface area (Å²) >= 11 is 0. The highest BCUT2D eigenvalue weighted by Gasteiger charge is 2.32. The molecular formula is C28H31N3O6. The number of hydrogen-bond donors (Lipinski definition) is 3. The van der Waals surface area contributed by atoms with Crippen LogP contribution in [0, 0.1) is 0 Å². The number of rotatable bonds is 13. The Morgan fingerprint density at radius 1 is 0.919 bits per heavy atom. The highest BCUT2D eigenvalue weighted by molar-refractivity contribution is 6.26. The average molecular weight is 506 g/mol. The maximum atomic E-state index is 12.8. The highest BCUT2D eigenvalue weighted by atomic mass is 16.5. The Morgan fingerprint density at radius 3 is 2.46 bits per heavy atom. The summed E-state index contributed by atoms with van der Waals surface area (Å²) in [6.07, 6.45) is 5.34. The molecule has 37 heavy (non-hydrogen) atoms. The molecule has 0 saturated carbocycles. The van der Waals surface area contributed by atoms with E-state index >= 15 is 0 Å². The van der Waals surface area contributed by atoms with Gasteiger partial charge < -0.3 is 19.7 Å². The van der Waals surface area contributed by atoms with Crippen LogP contribution in [0.25, 0.3) is 10.8 Å². The fraction of sp³-hybridized carbons (Fsp3) is 0.321. The van der Waals surface area contributed by atoms with Crippen molar-refractivity contribution in [1.82, 2.24) is 4.90 Å². The van der Waals surface area contributed by atoms with Crippen LogP contribution in [0.1, 0.15) is 52.0 Å². The number of β-amino-alcohol motifs (C(OH)–C–C–N with tert-alkyl or cyclic N) is 1. The molecule has 0 spiro atoms. The van der Waals surface area contributed by atoms with Gasteiger partial charge in [-0.3, -0.25) is 19.9 Å². The minimum absolute atomic E-state index is 0.0459. The first-order valence-electron chi connectivity index (χ1n) is 12.3. The number of methoxy groups -OCH3 is 1. The lowest BCUT2D eigenvalue weighted by Crippen LogP contribution is -2.41. The summed E-state index contributed by atoms with van der Waals surface area (Å²) < 4.78 is 11.3. The van der Waals surface area contributed by atoms with Crippen molar-refractivity contribution in [3.05, 3.63) is 65.2 Å². The van der Waals surface area contributed by atoms with E-state index in [1.165, 1.54) is 0 Å². The van der Waals surface area contributed by atoms with Crippen LogP contribution < -0.4 is 14.9 Å². The third kappa shape index (κ3) is 5.73. The van der Waals surface area contributed by atoms with Crippen molar-refractivity contribution in [2.24, 2.45) is 5.10 Å². The van der Waals surface area contributed by atoms with Crippen LogP contribution in [0.4, 0.5) is 5.69 Å². The number of unbranched alkanes of at least 4 members (excludes halogenated alkanes) is 3. The first-order valence-corrected chi connectivity index (χ1v) is 12.3. The molecule has 0 radical (unpaired) electrons. The van der Waals surface area contributed by atoms with Gasteiger partial charge in [-0.2, -0.15) is 5.10 Å². The summed E-state index contributed by atoms with van der Waals surface area (Å²) in [6.45, 7) is 0.458. The van der Waals surface area contributed by atoms with Gasteiger partial charge in [0, 0.05) is 28.5 Å². The lowest BCUT2D eigenvalue weighted by molar-refractivity contribution is 0.0580. The van der Waals surface area contributed by atoms with Crippen molar-refractivity contribution in [3.63, 3.8) is 0 Å². The van der Waals surface area contributed by atoms with Crippen LogP contribution in [0.2, 0.25) is 0 Å². The minimum atomic E-state index is -0.419. The van der Waals surface area contributed by atoms with Gasteiger partial charge in [0.05, 0.1) is 38.8 Å². The highest BCUT2D eigenvalue weighted by Crippen LogP contribution is 2.34. The van der Waals surface area contributed by atoms with E-state index in [0.29, 0.717) is 45.7 Å². The second-order valence-corrected chi connectivity index (χ2v) is 8.64. The monoisotopic (exact) mass is 505 g/mol. The molecule has 1 heterocycles. The smallest absolute Gasteiger partial charge is 0.261 e. The van der Waals surface area contributed by atoms with Gasteiger partial charge in [0.2, 0.25) is 0 Å². The lowest BCUT2D eigenvalue weighted by Gasteiger charge is -2.27. The van der Waals surface area contributed by atoms with E-state index in [-0.39, 0.29) is 19.8 Å². The number of aliphatic hydroxyl groups excluding tert-OH is 2. The van der Waals surface area contributed by atoms with E-state index in [1.807, 2.05) is 24.3 Å². The van der Waals surface area contributed by atoms with Crippen molar-refractivity contribution in [2.45, 2.75) is 25.7 Å². The molecule has 0 bridgehead atoms. The third-order valence-corrected chi connectivity index (χ3v) is 6.21. The fourth-order valence-electron chi connectivity index (χ4n) is 4.36. The van der Waals surface area contributed by atoms with Crippen molar-refractivity contribution >= 4 is 34.5 Å². The Balaban J connectivity index is 1.48. The number of anilines is 1. The normalized spacial score (nSPS) is 13.0. The van der Waals surface area contributed by atoms with Crippen LogP contribution in [0.15, 0.2) is 53.6 Å². The molecule has 1 aliphatic heterocycles. The maximum Gasteiger partial charge on any atom is 0.261 e. The van der Waals surface area contributed by atoms with Gasteiger partial charge in [-0.1, -0.05) is 18.6 Å². The molecule has 0 saturated heterocycles. The third-order valence-electron chi connectivity index (χ3n) is 6.21. The van der Waals surface area contributed by atoms with Crippen LogP contribution in [0.5, 0.6) is 11.5 Å². The van der Waals surface area contributed by atoms with Crippen molar-refractivity contribution in [1.29, 1.82) is 0 Å². The number of imide groups is 1. The molecule has 0 atom stereocenters. The van der Waals surface area contributed by atoms with Crippen molar-refractivity contribution in [3.8, 4) is 11.5 Å². The largest absolute Gasteiger partial charge is 0.493 e. The summed E-state index contributed by atoms with van der Waals surface area (Å²) in [6, 6.07) is 14.2. The Hall–Kier alpha value is -3.95. The molecule has 0 aromatic heterocycles. The topological polar surface area (TPSA) is 121 Å². The van der Waals surface area contributed by atoms with E-state index in [4.69, 9.17) is 14.6 Å². The molecule has 9 nitrogen and oxygen atoms in total. The molecule has 1 aliphatic rings. The van der Waals surface area contributed by atoms with E-state index in [1.54, 1.807) is 37.6 Å². The SMILES string of the molecule is COc1cc(C=NNc2ccc3c4c(cccc24)C(=O)N(CCO)C3=O)ccc1OCCCCCCO. The van der Waals surface area contributed by atoms with Gasteiger partial charge in [-0.15, -0.1) is 0 Å². The molecule has 3 N–H and O–H groups in total. The molecule has 4 rings (SSSR count). The summed E-state index contributed by atoms with van der Waals surface area (Å²) in [5.41, 5.74) is 5.31. The van der Waals surface area contributed by atoms with E-state index < -0.39 is 11.8 Å². The maximum absolute atomic E-state index is 12.8. The first-order chi connectivity index (χ1) is 18.1. The predicted molar refractivity (Wildman–Crippen MR) is 142 cm³/mol. The number of amides is 2. The second kappa shape index (κ2) is 12.3. The second-order valence-electron chi connectivity index (χ2n) is 8.64. The fourth-order valence-corrected chi connectivity index (χ4v) is 4.36. The first kappa shape index (κ1) is 26.1. The molecule has 9 heteroatoms. The summed E-state index contributed by atoms with van der Waals surface area (Å²) in [4.78, 5) is 26.7. The van der Waals surface area contributed by atoms with Crippen LogP contribution in [0.3, 0.4) is 0 Å². The van der Waals surface area contributed by atoms with Gasteiger partial charge >= 0.3 is 0 Å². The quantitative estimate of drug-likeness (QED) is 0.140. The molecular weight excluding hydrogens is 474 g/mol. The molecule has 0 unspecified atom stereocenters. The van der Waals surface area contributed by atoms with E-state index in [9.17, 15) is 14.7 Å². The van der Waals surface area contributed by atoms with Gasteiger partial charge in [0.1, 0.15) is 0 Å². The summed E-state index contributed by atoms with van der Waals surface area (Å²) in [5, 5.41) is 23.7. The van der Waals surface area contributed by atoms with Crippen molar-refractivity contribution in [2.75, 3.05) is 38.9 Å². The van der Waals surface area contributed by atoms with Crippen LogP contribution in [-0.2, 0) is 0 Å². The number of hydrogen-bond acceptors (Lipinski definition) is 8. The Bertz CT molecular complexity index is 1280. The predicted octanol–water partition coefficient (Wildman–Crippen LogP) is 3.81. The molecule has 3 aromatic rings. The van der Waals surface area contributed by atoms with Crippen molar-refractivity contribution < 1.29 is 29.3 Å². The number of nitrogens with zero attached hydrogens (tertiary/aromatic N) is 2. The van der Waals surface area contributed by atoms with E-state index in [2.05, 4.69) is 10.5 Å². The van der Waals surface area contributed by atoms with Gasteiger partial charge in [-0.05, 0) is 61.2 Å². The summed E-state index contributed by atoms with van der Waals surface area (Å²) in [5.74, 6) is 0.419. The number of nitrogens with one attached hydrogen (secondary N) is 1. The van der Waals surface area contributed by atoms with Gasteiger partial charge in [0.15, 0.2) is 11.5 Å². The number of carbonyl (C=O) groups is 2. The van der Waals surface area contributed by atoms with E-state index in [0.717, 1.165) is 36.1 Å². The van der Waals surface area contributed by atoms with Gasteiger partial charge in [-0.25, -0.2) is 0 Å². The lowest BCUT2D eigenvalue weighted by atomic mass is 9.93. The molecule has 194 valence electrons. The number of hydrazone groups is 1. The Kier molecular flexibility index (Phi) is 8.71.